The molecule has 26 heavy (non-hydrogen) atoms. The summed E-state index contributed by atoms with van der Waals surface area (Å²) in [6, 6.07) is 7.37. The van der Waals surface area contributed by atoms with E-state index in [0.717, 1.165) is 18.2 Å². The number of aromatic hydroxyl groups is 1. The van der Waals surface area contributed by atoms with Gasteiger partial charge in [-0.25, -0.2) is 17.2 Å². The Morgan fingerprint density at radius 3 is 2.35 bits per heavy atom. The van der Waals surface area contributed by atoms with E-state index in [4.69, 9.17) is 5.73 Å². The van der Waals surface area contributed by atoms with Crippen molar-refractivity contribution in [3.63, 3.8) is 0 Å². The first-order chi connectivity index (χ1) is 12.2. The third-order valence-corrected chi connectivity index (χ3v) is 4.98. The highest BCUT2D eigenvalue weighted by Gasteiger charge is 2.19. The van der Waals surface area contributed by atoms with Crippen LogP contribution in [0, 0.1) is 11.6 Å². The first-order valence-corrected chi connectivity index (χ1v) is 9.48. The van der Waals surface area contributed by atoms with Crippen molar-refractivity contribution in [3.05, 3.63) is 53.6 Å². The number of phenols is 1. The molecule has 0 aliphatic heterocycles. The number of hydrogen-bond acceptors (Lipinski definition) is 5. The number of hydrogen-bond donors (Lipinski definition) is 3. The lowest BCUT2D eigenvalue weighted by Crippen LogP contribution is -2.34. The summed E-state index contributed by atoms with van der Waals surface area (Å²) in [5, 5.41) is 11.7. The standard InChI is InChI=1S/C17H18F2N2O4S/c18-14-4-3-12(8-16(14)22)11-1-2-13(15(19)7-11)9-26(24,25)10-17(23)21-6-5-20/h1-4,7-8,22H,5-6,9-10,20H2,(H,21,23). The SMILES string of the molecule is NCCNC(=O)CS(=O)(=O)Cc1ccc(-c2ccc(F)c(O)c2)cc1F. The number of benzene rings is 2. The van der Waals surface area contributed by atoms with Gasteiger partial charge in [0.25, 0.3) is 0 Å². The van der Waals surface area contributed by atoms with E-state index in [0.29, 0.717) is 11.1 Å². The third kappa shape index (κ3) is 5.24. The quantitative estimate of drug-likeness (QED) is 0.667. The highest BCUT2D eigenvalue weighted by Crippen LogP contribution is 2.27. The maximum Gasteiger partial charge on any atom is 0.235 e. The number of rotatable bonds is 7. The number of amides is 1. The van der Waals surface area contributed by atoms with Crippen molar-refractivity contribution >= 4 is 15.7 Å². The largest absolute Gasteiger partial charge is 0.505 e. The highest BCUT2D eigenvalue weighted by molar-refractivity contribution is 7.91. The number of nitrogens with one attached hydrogen (secondary N) is 1. The third-order valence-electron chi connectivity index (χ3n) is 3.53. The number of carbonyl (C=O) groups excluding carboxylic acids is 1. The van der Waals surface area contributed by atoms with Crippen LogP contribution in [0.5, 0.6) is 5.75 Å². The van der Waals surface area contributed by atoms with Gasteiger partial charge >= 0.3 is 0 Å². The van der Waals surface area contributed by atoms with Crippen LogP contribution < -0.4 is 11.1 Å². The summed E-state index contributed by atoms with van der Waals surface area (Å²) in [7, 11) is -3.86. The lowest BCUT2D eigenvalue weighted by Gasteiger charge is -2.09. The zero-order chi connectivity index (χ0) is 19.3. The topological polar surface area (TPSA) is 109 Å². The zero-order valence-electron chi connectivity index (χ0n) is 13.7. The van der Waals surface area contributed by atoms with Gasteiger partial charge in [-0.15, -0.1) is 0 Å². The Labute approximate surface area is 149 Å². The van der Waals surface area contributed by atoms with Gasteiger partial charge < -0.3 is 16.2 Å². The van der Waals surface area contributed by atoms with Gasteiger partial charge in [0, 0.05) is 18.7 Å². The van der Waals surface area contributed by atoms with Crippen molar-refractivity contribution in [2.45, 2.75) is 5.75 Å². The van der Waals surface area contributed by atoms with Gasteiger partial charge in [0.2, 0.25) is 5.91 Å². The van der Waals surface area contributed by atoms with Gasteiger partial charge in [-0.05, 0) is 29.3 Å². The molecule has 0 radical (unpaired) electrons. The van der Waals surface area contributed by atoms with Crippen LogP contribution in [0.4, 0.5) is 8.78 Å². The fraction of sp³-hybridized carbons (Fsp3) is 0.235. The van der Waals surface area contributed by atoms with Gasteiger partial charge in [-0.3, -0.25) is 4.79 Å². The van der Waals surface area contributed by atoms with Crippen molar-refractivity contribution in [1.82, 2.24) is 5.32 Å². The van der Waals surface area contributed by atoms with Crippen LogP contribution in [0.3, 0.4) is 0 Å². The summed E-state index contributed by atoms with van der Waals surface area (Å²) in [6.45, 7) is 0.336. The molecule has 0 spiro atoms. The molecule has 4 N–H and O–H groups in total. The fourth-order valence-electron chi connectivity index (χ4n) is 2.29. The van der Waals surface area contributed by atoms with E-state index >= 15 is 0 Å². The molecule has 0 unspecified atom stereocenters. The Morgan fingerprint density at radius 1 is 1.08 bits per heavy atom. The van der Waals surface area contributed by atoms with Crippen molar-refractivity contribution in [3.8, 4) is 16.9 Å². The second kappa shape index (κ2) is 8.24. The summed E-state index contributed by atoms with van der Waals surface area (Å²) in [5.74, 6) is -4.25. The molecule has 2 aromatic carbocycles. The average molecular weight is 384 g/mol. The molecule has 6 nitrogen and oxygen atoms in total. The molecule has 0 saturated carbocycles. The van der Waals surface area contributed by atoms with Crippen LogP contribution >= 0.6 is 0 Å². The van der Waals surface area contributed by atoms with E-state index in [9.17, 15) is 27.1 Å². The highest BCUT2D eigenvalue weighted by atomic mass is 32.2. The fourth-order valence-corrected chi connectivity index (χ4v) is 3.60. The summed E-state index contributed by atoms with van der Waals surface area (Å²) in [6.07, 6.45) is 0. The summed E-state index contributed by atoms with van der Waals surface area (Å²) < 4.78 is 51.4. The molecule has 1 amide bonds. The van der Waals surface area contributed by atoms with Crippen LogP contribution in [0.1, 0.15) is 5.56 Å². The minimum Gasteiger partial charge on any atom is -0.505 e. The number of nitrogens with two attached hydrogens (primary N) is 1. The van der Waals surface area contributed by atoms with Crippen molar-refractivity contribution in [1.29, 1.82) is 0 Å². The van der Waals surface area contributed by atoms with Crippen molar-refractivity contribution < 1.29 is 27.1 Å². The minimum absolute atomic E-state index is 0.0910. The summed E-state index contributed by atoms with van der Waals surface area (Å²) in [5.41, 5.74) is 5.84. The van der Waals surface area contributed by atoms with E-state index < -0.39 is 44.6 Å². The second-order valence-electron chi connectivity index (χ2n) is 5.64. The Kier molecular flexibility index (Phi) is 6.27. The molecule has 0 atom stereocenters. The Morgan fingerprint density at radius 2 is 1.73 bits per heavy atom. The van der Waals surface area contributed by atoms with Crippen LogP contribution in [0.25, 0.3) is 11.1 Å². The van der Waals surface area contributed by atoms with Gasteiger partial charge in [0.15, 0.2) is 21.4 Å². The number of carbonyl (C=O) groups is 1. The van der Waals surface area contributed by atoms with E-state index in [1.54, 1.807) is 0 Å². The summed E-state index contributed by atoms with van der Waals surface area (Å²) >= 11 is 0. The van der Waals surface area contributed by atoms with E-state index in [1.165, 1.54) is 18.2 Å². The maximum atomic E-state index is 14.3. The minimum atomic E-state index is -3.86. The van der Waals surface area contributed by atoms with Crippen LogP contribution in [0.15, 0.2) is 36.4 Å². The van der Waals surface area contributed by atoms with Crippen LogP contribution in [-0.2, 0) is 20.4 Å². The van der Waals surface area contributed by atoms with E-state index in [1.807, 2.05) is 0 Å². The maximum absolute atomic E-state index is 14.3. The molecule has 2 rings (SSSR count). The molecule has 0 aliphatic rings. The van der Waals surface area contributed by atoms with Gasteiger partial charge in [0.1, 0.15) is 11.6 Å². The first-order valence-electron chi connectivity index (χ1n) is 7.66. The van der Waals surface area contributed by atoms with Gasteiger partial charge in [-0.1, -0.05) is 18.2 Å². The summed E-state index contributed by atoms with van der Waals surface area (Å²) in [4.78, 5) is 11.5. The molecule has 9 heteroatoms. The predicted octanol–water partition coefficient (Wildman–Crippen LogP) is 1.33. The Hall–Kier alpha value is -2.52. The molecule has 0 fully saturated rings. The van der Waals surface area contributed by atoms with Gasteiger partial charge in [0.05, 0.1) is 5.75 Å². The zero-order valence-corrected chi connectivity index (χ0v) is 14.5. The molecular formula is C17H18F2N2O4S. The molecule has 0 bridgehead atoms. The first kappa shape index (κ1) is 19.8. The van der Waals surface area contributed by atoms with Gasteiger partial charge in [-0.2, -0.15) is 0 Å². The van der Waals surface area contributed by atoms with Crippen molar-refractivity contribution in [2.24, 2.45) is 5.73 Å². The van der Waals surface area contributed by atoms with Crippen LogP contribution in [0.2, 0.25) is 0 Å². The van der Waals surface area contributed by atoms with Crippen LogP contribution in [-0.4, -0.2) is 38.3 Å². The van der Waals surface area contributed by atoms with E-state index in [2.05, 4.69) is 5.32 Å². The number of phenolic OH excluding ortho intramolecular Hbond substituents is 1. The average Bonchev–Trinajstić information content (AvgIpc) is 2.56. The number of halogens is 2. The molecule has 0 aliphatic carbocycles. The van der Waals surface area contributed by atoms with Crippen molar-refractivity contribution in [2.75, 3.05) is 18.8 Å². The molecule has 0 heterocycles. The Balaban J connectivity index is 2.16. The smallest absolute Gasteiger partial charge is 0.235 e. The van der Waals surface area contributed by atoms with E-state index in [-0.39, 0.29) is 18.7 Å². The number of sulfone groups is 1. The predicted molar refractivity (Wildman–Crippen MR) is 93.0 cm³/mol. The monoisotopic (exact) mass is 384 g/mol. The lowest BCUT2D eigenvalue weighted by atomic mass is 10.0. The molecule has 0 aromatic heterocycles. The Bertz CT molecular complexity index is 917. The normalized spacial score (nSPS) is 11.3. The molecule has 0 saturated heterocycles. The molecule has 2 aromatic rings. The second-order valence-corrected chi connectivity index (χ2v) is 7.71. The molecular weight excluding hydrogens is 366 g/mol. The molecule has 140 valence electrons. The lowest BCUT2D eigenvalue weighted by molar-refractivity contribution is -0.118.